The van der Waals surface area contributed by atoms with Crippen LogP contribution in [0.25, 0.3) is 17.2 Å². The topological polar surface area (TPSA) is 68.7 Å². The van der Waals surface area contributed by atoms with Crippen molar-refractivity contribution in [3.05, 3.63) is 53.1 Å². The highest BCUT2D eigenvalue weighted by Gasteiger charge is 2.26. The van der Waals surface area contributed by atoms with Crippen LogP contribution in [-0.4, -0.2) is 35.4 Å². The van der Waals surface area contributed by atoms with Gasteiger partial charge in [-0.1, -0.05) is 32.1 Å². The van der Waals surface area contributed by atoms with Gasteiger partial charge in [-0.05, 0) is 36.6 Å². The standard InChI is InChI=1S/C23H26FNO4/c1-13(2)22-19(10-9-18-11-17(26)12-20(27)29-18)21(23(28-4)14(3)25-22)15-5-7-16(24)8-6-15/h5-10,13,17-18,26H,11-12H2,1-4H3/t17-,18-/m1/s1. The highest BCUT2D eigenvalue weighted by molar-refractivity contribution is 5.82. The Kier molecular flexibility index (Phi) is 6.33. The van der Waals surface area contributed by atoms with Gasteiger partial charge in [0.15, 0.2) is 0 Å². The van der Waals surface area contributed by atoms with E-state index in [9.17, 15) is 14.3 Å². The van der Waals surface area contributed by atoms with Crippen molar-refractivity contribution in [1.82, 2.24) is 4.98 Å². The second kappa shape index (κ2) is 8.74. The normalized spacial score (nSPS) is 19.6. The number of nitrogens with zero attached hydrogens (tertiary/aromatic N) is 1. The van der Waals surface area contributed by atoms with Gasteiger partial charge >= 0.3 is 5.97 Å². The van der Waals surface area contributed by atoms with Gasteiger partial charge < -0.3 is 14.6 Å². The Morgan fingerprint density at radius 1 is 1.31 bits per heavy atom. The molecule has 0 amide bonds. The molecule has 0 saturated carbocycles. The van der Waals surface area contributed by atoms with Crippen LogP contribution in [0.5, 0.6) is 5.75 Å². The number of aromatic nitrogens is 1. The minimum Gasteiger partial charge on any atom is -0.494 e. The van der Waals surface area contributed by atoms with Gasteiger partial charge in [0, 0.05) is 17.5 Å². The van der Waals surface area contributed by atoms with Gasteiger partial charge in [-0.2, -0.15) is 0 Å². The zero-order valence-corrected chi connectivity index (χ0v) is 17.1. The van der Waals surface area contributed by atoms with E-state index in [-0.39, 0.29) is 18.2 Å². The summed E-state index contributed by atoms with van der Waals surface area (Å²) < 4.78 is 24.5. The minimum atomic E-state index is -0.710. The third-order valence-corrected chi connectivity index (χ3v) is 4.94. The lowest BCUT2D eigenvalue weighted by atomic mass is 9.92. The molecule has 0 aliphatic carbocycles. The van der Waals surface area contributed by atoms with E-state index in [0.29, 0.717) is 12.2 Å². The molecule has 0 radical (unpaired) electrons. The molecule has 2 heterocycles. The summed E-state index contributed by atoms with van der Waals surface area (Å²) in [5.41, 5.74) is 4.04. The van der Waals surface area contributed by atoms with Gasteiger partial charge in [0.2, 0.25) is 0 Å². The maximum atomic E-state index is 13.5. The van der Waals surface area contributed by atoms with E-state index in [0.717, 1.165) is 28.1 Å². The Balaban J connectivity index is 2.16. The molecule has 0 unspecified atom stereocenters. The fraction of sp³-hybridized carbons (Fsp3) is 0.391. The number of carbonyl (C=O) groups is 1. The van der Waals surface area contributed by atoms with Crippen LogP contribution < -0.4 is 4.74 Å². The molecule has 1 aliphatic rings. The van der Waals surface area contributed by atoms with Crippen LogP contribution in [0.3, 0.4) is 0 Å². The number of ether oxygens (including phenoxy) is 2. The molecule has 1 saturated heterocycles. The average Bonchev–Trinajstić information content (AvgIpc) is 2.66. The van der Waals surface area contributed by atoms with Crippen molar-refractivity contribution in [2.24, 2.45) is 0 Å². The van der Waals surface area contributed by atoms with E-state index in [1.807, 2.05) is 26.8 Å². The minimum absolute atomic E-state index is 0.0162. The van der Waals surface area contributed by atoms with Crippen molar-refractivity contribution in [2.75, 3.05) is 7.11 Å². The maximum Gasteiger partial charge on any atom is 0.309 e. The third kappa shape index (κ3) is 4.65. The molecule has 1 fully saturated rings. The molecule has 0 spiro atoms. The quantitative estimate of drug-likeness (QED) is 0.755. The number of carbonyl (C=O) groups excluding carboxylic acids is 1. The van der Waals surface area contributed by atoms with Gasteiger partial charge in [0.25, 0.3) is 0 Å². The van der Waals surface area contributed by atoms with E-state index in [1.165, 1.54) is 12.1 Å². The molecule has 2 aromatic rings. The molecule has 0 bridgehead atoms. The number of hydrogen-bond acceptors (Lipinski definition) is 5. The van der Waals surface area contributed by atoms with E-state index < -0.39 is 18.2 Å². The second-order valence-electron chi connectivity index (χ2n) is 7.55. The fourth-order valence-electron chi connectivity index (χ4n) is 3.62. The highest BCUT2D eigenvalue weighted by Crippen LogP contribution is 2.39. The molecule has 154 valence electrons. The summed E-state index contributed by atoms with van der Waals surface area (Å²) >= 11 is 0. The smallest absolute Gasteiger partial charge is 0.309 e. The monoisotopic (exact) mass is 399 g/mol. The third-order valence-electron chi connectivity index (χ3n) is 4.94. The summed E-state index contributed by atoms with van der Waals surface area (Å²) in [5, 5.41) is 9.86. The first-order valence-corrected chi connectivity index (χ1v) is 9.70. The molecule has 1 aromatic carbocycles. The van der Waals surface area contributed by atoms with Crippen LogP contribution in [-0.2, 0) is 9.53 Å². The molecule has 5 nitrogen and oxygen atoms in total. The Morgan fingerprint density at radius 2 is 2.00 bits per heavy atom. The van der Waals surface area contributed by atoms with E-state index in [1.54, 1.807) is 25.3 Å². The number of hydrogen-bond donors (Lipinski definition) is 1. The molecular formula is C23H26FNO4. The van der Waals surface area contributed by atoms with Gasteiger partial charge in [-0.15, -0.1) is 0 Å². The fourth-order valence-corrected chi connectivity index (χ4v) is 3.62. The summed E-state index contributed by atoms with van der Waals surface area (Å²) in [7, 11) is 1.58. The predicted molar refractivity (Wildman–Crippen MR) is 109 cm³/mol. The van der Waals surface area contributed by atoms with Crippen molar-refractivity contribution in [3.8, 4) is 16.9 Å². The van der Waals surface area contributed by atoms with Crippen molar-refractivity contribution in [3.63, 3.8) is 0 Å². The van der Waals surface area contributed by atoms with Crippen molar-refractivity contribution in [1.29, 1.82) is 0 Å². The summed E-state index contributed by atoms with van der Waals surface area (Å²) in [6, 6.07) is 6.23. The summed E-state index contributed by atoms with van der Waals surface area (Å²) in [5.74, 6) is 0.00270. The van der Waals surface area contributed by atoms with Crippen LogP contribution in [0.2, 0.25) is 0 Å². The number of esters is 1. The van der Waals surface area contributed by atoms with E-state index >= 15 is 0 Å². The lowest BCUT2D eigenvalue weighted by Gasteiger charge is -2.24. The van der Waals surface area contributed by atoms with Gasteiger partial charge in [0.05, 0.1) is 31.0 Å². The van der Waals surface area contributed by atoms with Crippen LogP contribution >= 0.6 is 0 Å². The molecule has 3 rings (SSSR count). The molecule has 1 N–H and O–H groups in total. The lowest BCUT2D eigenvalue weighted by molar-refractivity contribution is -0.156. The number of cyclic esters (lactones) is 1. The van der Waals surface area contributed by atoms with Crippen molar-refractivity contribution in [2.45, 2.75) is 51.7 Å². The van der Waals surface area contributed by atoms with Gasteiger partial charge in [-0.3, -0.25) is 9.78 Å². The first-order chi connectivity index (χ1) is 13.8. The number of methoxy groups -OCH3 is 1. The number of halogens is 1. The Morgan fingerprint density at radius 3 is 2.59 bits per heavy atom. The van der Waals surface area contributed by atoms with Gasteiger partial charge in [-0.25, -0.2) is 4.39 Å². The van der Waals surface area contributed by atoms with Crippen LogP contribution in [0.15, 0.2) is 30.3 Å². The highest BCUT2D eigenvalue weighted by atomic mass is 19.1. The maximum absolute atomic E-state index is 13.5. The summed E-state index contributed by atoms with van der Waals surface area (Å²) in [6.07, 6.45) is 2.77. The molecule has 2 atom stereocenters. The Bertz CT molecular complexity index is 921. The van der Waals surface area contributed by atoms with Gasteiger partial charge in [0.1, 0.15) is 17.7 Å². The molecular weight excluding hydrogens is 373 g/mol. The second-order valence-corrected chi connectivity index (χ2v) is 7.55. The first kappa shape index (κ1) is 21.0. The van der Waals surface area contributed by atoms with Crippen molar-refractivity contribution >= 4 is 12.0 Å². The molecule has 29 heavy (non-hydrogen) atoms. The Labute approximate surface area is 170 Å². The Hall–Kier alpha value is -2.73. The number of aryl methyl sites for hydroxylation is 1. The number of aliphatic hydroxyl groups excluding tert-OH is 1. The largest absolute Gasteiger partial charge is 0.494 e. The summed E-state index contributed by atoms with van der Waals surface area (Å²) in [6.45, 7) is 5.97. The first-order valence-electron chi connectivity index (χ1n) is 9.70. The number of pyridine rings is 1. The van der Waals surface area contributed by atoms with Crippen LogP contribution in [0.1, 0.15) is 49.6 Å². The van der Waals surface area contributed by atoms with E-state index in [4.69, 9.17) is 14.5 Å². The lowest BCUT2D eigenvalue weighted by Crippen LogP contribution is -2.31. The van der Waals surface area contributed by atoms with Crippen molar-refractivity contribution < 1.29 is 23.8 Å². The number of benzene rings is 1. The number of rotatable bonds is 5. The zero-order valence-electron chi connectivity index (χ0n) is 17.1. The van der Waals surface area contributed by atoms with Crippen LogP contribution in [0.4, 0.5) is 4.39 Å². The molecule has 1 aliphatic heterocycles. The molecule has 1 aromatic heterocycles. The summed E-state index contributed by atoms with van der Waals surface area (Å²) in [4.78, 5) is 16.4. The van der Waals surface area contributed by atoms with Crippen LogP contribution in [0, 0.1) is 12.7 Å². The SMILES string of the molecule is COc1c(C)nc(C(C)C)c(C=C[C@@H]2C[C@@H](O)CC(=O)O2)c1-c1ccc(F)cc1. The van der Waals surface area contributed by atoms with E-state index in [2.05, 4.69) is 0 Å². The zero-order chi connectivity index (χ0) is 21.1. The molecule has 6 heteroatoms. The predicted octanol–water partition coefficient (Wildman–Crippen LogP) is 4.41. The average molecular weight is 399 g/mol. The number of aliphatic hydroxyl groups is 1.